The van der Waals surface area contributed by atoms with Crippen LogP contribution in [0, 0.1) is 28.6 Å². The monoisotopic (exact) mass is 326 g/mol. The molecular weight excluding hydrogens is 300 g/mol. The number of fused-ring (bicyclic) bond motifs is 4. The van der Waals surface area contributed by atoms with Crippen molar-refractivity contribution in [2.24, 2.45) is 28.6 Å². The molecule has 5 rings (SSSR count). The molecule has 4 fully saturated rings. The SMILES string of the molecule is CC=C1C[C@H]2[C@@H]3CCC(=O)[C@@]3(C)CC[C@@H]2[C@@]2(C)C=CC(=O)C3OC132. The van der Waals surface area contributed by atoms with E-state index in [1.54, 1.807) is 6.08 Å². The normalized spacial score (nSPS) is 56.5. The van der Waals surface area contributed by atoms with Crippen molar-refractivity contribution >= 4 is 11.6 Å². The quantitative estimate of drug-likeness (QED) is 0.504. The van der Waals surface area contributed by atoms with Crippen LogP contribution in [0.15, 0.2) is 23.8 Å². The van der Waals surface area contributed by atoms with Gasteiger partial charge in [-0.1, -0.05) is 26.0 Å². The van der Waals surface area contributed by atoms with E-state index in [4.69, 9.17) is 4.74 Å². The van der Waals surface area contributed by atoms with Crippen LogP contribution in [-0.2, 0) is 14.3 Å². The fraction of sp³-hybridized carbons (Fsp3) is 0.714. The molecule has 24 heavy (non-hydrogen) atoms. The van der Waals surface area contributed by atoms with Gasteiger partial charge >= 0.3 is 0 Å². The summed E-state index contributed by atoms with van der Waals surface area (Å²) < 4.78 is 6.15. The van der Waals surface area contributed by atoms with E-state index >= 15 is 0 Å². The Kier molecular flexibility index (Phi) is 2.70. The third-order valence-corrected chi connectivity index (χ3v) is 8.47. The molecule has 0 bridgehead atoms. The highest BCUT2D eigenvalue weighted by atomic mass is 16.6. The van der Waals surface area contributed by atoms with Crippen molar-refractivity contribution in [1.29, 1.82) is 0 Å². The van der Waals surface area contributed by atoms with Gasteiger partial charge in [0.25, 0.3) is 0 Å². The summed E-state index contributed by atoms with van der Waals surface area (Å²) in [6.07, 6.45) is 10.7. The summed E-state index contributed by atoms with van der Waals surface area (Å²) in [6, 6.07) is 0. The highest BCUT2D eigenvalue weighted by molar-refractivity contribution is 5.99. The van der Waals surface area contributed by atoms with Crippen LogP contribution in [0.1, 0.15) is 52.9 Å². The van der Waals surface area contributed by atoms with E-state index in [1.165, 1.54) is 5.57 Å². The molecule has 1 heterocycles. The van der Waals surface area contributed by atoms with Gasteiger partial charge in [0.05, 0.1) is 0 Å². The fourth-order valence-electron chi connectivity index (χ4n) is 7.10. The van der Waals surface area contributed by atoms with Crippen molar-refractivity contribution in [3.05, 3.63) is 23.8 Å². The van der Waals surface area contributed by atoms with Crippen LogP contribution in [0.5, 0.6) is 0 Å². The van der Waals surface area contributed by atoms with Gasteiger partial charge in [0.2, 0.25) is 0 Å². The molecule has 3 nitrogen and oxygen atoms in total. The number of hydrogen-bond acceptors (Lipinski definition) is 3. The van der Waals surface area contributed by atoms with Crippen LogP contribution in [0.4, 0.5) is 0 Å². The lowest BCUT2D eigenvalue weighted by Crippen LogP contribution is -2.57. The molecule has 4 aliphatic carbocycles. The summed E-state index contributed by atoms with van der Waals surface area (Å²) in [5, 5.41) is 0. The third kappa shape index (κ3) is 1.42. The Morgan fingerprint density at radius 3 is 2.75 bits per heavy atom. The van der Waals surface area contributed by atoms with Gasteiger partial charge in [-0.25, -0.2) is 0 Å². The van der Waals surface area contributed by atoms with Gasteiger partial charge in [0.1, 0.15) is 11.4 Å². The molecule has 1 spiro atoms. The predicted octanol–water partition coefficient (Wildman–Crippen LogP) is 3.63. The molecule has 128 valence electrons. The van der Waals surface area contributed by atoms with E-state index in [-0.39, 0.29) is 28.3 Å². The molecule has 3 saturated carbocycles. The van der Waals surface area contributed by atoms with Crippen molar-refractivity contribution in [3.63, 3.8) is 0 Å². The van der Waals surface area contributed by atoms with Crippen LogP contribution in [0.25, 0.3) is 0 Å². The Balaban J connectivity index is 1.63. The number of carbonyl (C=O) groups excluding carboxylic acids is 2. The first-order valence-corrected chi connectivity index (χ1v) is 9.48. The number of hydrogen-bond donors (Lipinski definition) is 0. The van der Waals surface area contributed by atoms with Crippen molar-refractivity contribution in [3.8, 4) is 0 Å². The van der Waals surface area contributed by atoms with Gasteiger partial charge < -0.3 is 4.74 Å². The average molecular weight is 326 g/mol. The molecule has 3 heteroatoms. The molecule has 0 aromatic heterocycles. The van der Waals surface area contributed by atoms with E-state index in [9.17, 15) is 9.59 Å². The van der Waals surface area contributed by atoms with Gasteiger partial charge in [-0.3, -0.25) is 9.59 Å². The molecule has 5 aliphatic rings. The Hall–Kier alpha value is -1.22. The van der Waals surface area contributed by atoms with Crippen LogP contribution in [0.2, 0.25) is 0 Å². The second kappa shape index (κ2) is 4.30. The fourth-order valence-corrected chi connectivity index (χ4v) is 7.10. The first kappa shape index (κ1) is 15.1. The molecule has 0 radical (unpaired) electrons. The summed E-state index contributed by atoms with van der Waals surface area (Å²) in [7, 11) is 0. The lowest BCUT2D eigenvalue weighted by Gasteiger charge is -2.57. The highest BCUT2D eigenvalue weighted by Crippen LogP contribution is 2.71. The summed E-state index contributed by atoms with van der Waals surface area (Å²) in [5.74, 6) is 2.16. The summed E-state index contributed by atoms with van der Waals surface area (Å²) in [5.41, 5.74) is 0.699. The first-order valence-electron chi connectivity index (χ1n) is 9.48. The average Bonchev–Trinajstić information content (AvgIpc) is 3.25. The van der Waals surface area contributed by atoms with E-state index in [0.717, 1.165) is 32.1 Å². The van der Waals surface area contributed by atoms with Crippen molar-refractivity contribution in [1.82, 2.24) is 0 Å². The Bertz CT molecular complexity index is 719. The number of ether oxygens (including phenoxy) is 1. The minimum Gasteiger partial charge on any atom is -0.352 e. The van der Waals surface area contributed by atoms with Crippen LogP contribution in [0.3, 0.4) is 0 Å². The molecule has 7 atom stereocenters. The standard InChI is InChI=1S/C21H26O3/c1-4-12-11-13-14-5-6-17(23)19(14,2)9-7-15(13)20(3)10-8-16(22)18-21(12,20)24-18/h4,8,10,13-15,18H,5-7,9,11H2,1-3H3/t13-,14-,15-,18?,19-,20+,21?/m0/s1. The molecular formula is C21H26O3. The second-order valence-corrected chi connectivity index (χ2v) is 9.06. The lowest BCUT2D eigenvalue weighted by atomic mass is 9.45. The maximum Gasteiger partial charge on any atom is 0.187 e. The van der Waals surface area contributed by atoms with E-state index in [1.807, 2.05) is 0 Å². The number of allylic oxidation sites excluding steroid dienone is 1. The number of epoxide rings is 1. The molecule has 0 N–H and O–H groups in total. The first-order chi connectivity index (χ1) is 11.4. The lowest BCUT2D eigenvalue weighted by molar-refractivity contribution is -0.133. The highest BCUT2D eigenvalue weighted by Gasteiger charge is 2.77. The zero-order chi connectivity index (χ0) is 16.9. The molecule has 0 aromatic carbocycles. The summed E-state index contributed by atoms with van der Waals surface area (Å²) >= 11 is 0. The van der Waals surface area contributed by atoms with Crippen molar-refractivity contribution in [2.75, 3.05) is 0 Å². The van der Waals surface area contributed by atoms with Crippen molar-refractivity contribution < 1.29 is 14.3 Å². The smallest absolute Gasteiger partial charge is 0.187 e. The van der Waals surface area contributed by atoms with E-state index in [2.05, 4.69) is 32.9 Å². The minimum absolute atomic E-state index is 0.108. The maximum atomic E-state index is 12.5. The van der Waals surface area contributed by atoms with Gasteiger partial charge in [-0.15, -0.1) is 0 Å². The van der Waals surface area contributed by atoms with Crippen LogP contribution in [-0.4, -0.2) is 23.3 Å². The van der Waals surface area contributed by atoms with Gasteiger partial charge in [0, 0.05) is 17.3 Å². The second-order valence-electron chi connectivity index (χ2n) is 9.06. The molecule has 1 aliphatic heterocycles. The maximum absolute atomic E-state index is 12.5. The number of rotatable bonds is 0. The largest absolute Gasteiger partial charge is 0.352 e. The molecule has 1 saturated heterocycles. The Morgan fingerprint density at radius 1 is 1.21 bits per heavy atom. The third-order valence-electron chi connectivity index (χ3n) is 8.47. The van der Waals surface area contributed by atoms with Gasteiger partial charge in [0.15, 0.2) is 11.9 Å². The zero-order valence-corrected chi connectivity index (χ0v) is 14.8. The van der Waals surface area contributed by atoms with E-state index in [0.29, 0.717) is 23.5 Å². The molecule has 2 unspecified atom stereocenters. The van der Waals surface area contributed by atoms with Crippen LogP contribution >= 0.6 is 0 Å². The Morgan fingerprint density at radius 2 is 2.00 bits per heavy atom. The zero-order valence-electron chi connectivity index (χ0n) is 14.8. The Labute approximate surface area is 143 Å². The van der Waals surface area contributed by atoms with Crippen molar-refractivity contribution in [2.45, 2.75) is 64.6 Å². The van der Waals surface area contributed by atoms with E-state index < -0.39 is 0 Å². The molecule has 0 amide bonds. The van der Waals surface area contributed by atoms with Gasteiger partial charge in [-0.05, 0) is 62.0 Å². The molecule has 0 aromatic rings. The number of ketones is 2. The predicted molar refractivity (Wildman–Crippen MR) is 90.3 cm³/mol. The minimum atomic E-state index is -0.384. The van der Waals surface area contributed by atoms with Crippen LogP contribution < -0.4 is 0 Å². The topological polar surface area (TPSA) is 46.7 Å². The summed E-state index contributed by atoms with van der Waals surface area (Å²) in [4.78, 5) is 24.8. The van der Waals surface area contributed by atoms with Gasteiger partial charge in [-0.2, -0.15) is 0 Å². The summed E-state index contributed by atoms with van der Waals surface area (Å²) in [6.45, 7) is 6.59. The number of carbonyl (C=O) groups is 2. The number of Topliss-reactive ketones (excluding diaryl/α,β-unsaturated/α-hetero) is 1.